The van der Waals surface area contributed by atoms with E-state index < -0.39 is 0 Å². The van der Waals surface area contributed by atoms with Gasteiger partial charge in [0.25, 0.3) is 0 Å². The summed E-state index contributed by atoms with van der Waals surface area (Å²) in [6.07, 6.45) is 1.66. The fourth-order valence-corrected chi connectivity index (χ4v) is 1.62. The summed E-state index contributed by atoms with van der Waals surface area (Å²) in [7, 11) is 0. The second-order valence-corrected chi connectivity index (χ2v) is 3.45. The Labute approximate surface area is 85.3 Å². The number of hydrogen-bond donors (Lipinski definition) is 1. The first-order chi connectivity index (χ1) is 6.20. The fraction of sp³-hybridized carbons (Fsp3) is 0. The van der Waals surface area contributed by atoms with E-state index in [2.05, 4.69) is 4.98 Å². The second-order valence-electron chi connectivity index (χ2n) is 2.66. The molecule has 2 aromatic rings. The molecule has 1 aromatic heterocycles. The molecule has 0 spiro atoms. The Morgan fingerprint density at radius 3 is 2.85 bits per heavy atom. The number of anilines is 1. The van der Waals surface area contributed by atoms with E-state index in [1.807, 2.05) is 12.1 Å². The lowest BCUT2D eigenvalue weighted by atomic mass is 10.2. The highest BCUT2D eigenvalue weighted by molar-refractivity contribution is 6.45. The van der Waals surface area contributed by atoms with E-state index in [-0.39, 0.29) is 0 Å². The van der Waals surface area contributed by atoms with Gasteiger partial charge in [0, 0.05) is 17.3 Å². The number of aromatic nitrogens is 1. The SMILES string of the molecule is Nc1cc(Cl)c(Cl)c2ncccc12. The van der Waals surface area contributed by atoms with Crippen LogP contribution in [0.4, 0.5) is 5.69 Å². The lowest BCUT2D eigenvalue weighted by molar-refractivity contribution is 1.41. The van der Waals surface area contributed by atoms with Crippen LogP contribution in [0.25, 0.3) is 10.9 Å². The topological polar surface area (TPSA) is 38.9 Å². The summed E-state index contributed by atoms with van der Waals surface area (Å²) >= 11 is 11.8. The number of benzene rings is 1. The first-order valence-corrected chi connectivity index (χ1v) is 4.44. The monoisotopic (exact) mass is 212 g/mol. The zero-order valence-corrected chi connectivity index (χ0v) is 8.10. The van der Waals surface area contributed by atoms with E-state index in [1.54, 1.807) is 12.3 Å². The first kappa shape index (κ1) is 8.60. The predicted molar refractivity (Wildman–Crippen MR) is 56.2 cm³/mol. The zero-order chi connectivity index (χ0) is 9.42. The van der Waals surface area contributed by atoms with Crippen molar-refractivity contribution in [3.05, 3.63) is 34.4 Å². The Hall–Kier alpha value is -0.990. The van der Waals surface area contributed by atoms with Crippen LogP contribution >= 0.6 is 23.2 Å². The highest BCUT2D eigenvalue weighted by Gasteiger charge is 2.07. The van der Waals surface area contributed by atoms with Crippen LogP contribution in [0.2, 0.25) is 10.0 Å². The molecule has 2 rings (SSSR count). The van der Waals surface area contributed by atoms with Crippen molar-refractivity contribution in [2.75, 3.05) is 5.73 Å². The van der Waals surface area contributed by atoms with E-state index in [4.69, 9.17) is 28.9 Å². The summed E-state index contributed by atoms with van der Waals surface area (Å²) in [4.78, 5) is 4.11. The van der Waals surface area contributed by atoms with Gasteiger partial charge >= 0.3 is 0 Å². The first-order valence-electron chi connectivity index (χ1n) is 3.68. The molecule has 1 heterocycles. The zero-order valence-electron chi connectivity index (χ0n) is 6.59. The number of nitrogen functional groups attached to an aromatic ring is 1. The second kappa shape index (κ2) is 3.05. The highest BCUT2D eigenvalue weighted by atomic mass is 35.5. The summed E-state index contributed by atoms with van der Waals surface area (Å²) in [6, 6.07) is 5.30. The maximum absolute atomic E-state index is 5.95. The maximum atomic E-state index is 5.95. The van der Waals surface area contributed by atoms with Crippen LogP contribution in [0.15, 0.2) is 24.4 Å². The molecule has 0 aliphatic carbocycles. The van der Waals surface area contributed by atoms with Crippen LogP contribution in [-0.2, 0) is 0 Å². The van der Waals surface area contributed by atoms with Crippen molar-refractivity contribution in [1.29, 1.82) is 0 Å². The molecule has 0 saturated heterocycles. The average Bonchev–Trinajstić information content (AvgIpc) is 2.15. The van der Waals surface area contributed by atoms with Gasteiger partial charge in [-0.3, -0.25) is 4.98 Å². The maximum Gasteiger partial charge on any atom is 0.0924 e. The van der Waals surface area contributed by atoms with Gasteiger partial charge in [-0.1, -0.05) is 23.2 Å². The average molecular weight is 213 g/mol. The number of pyridine rings is 1. The van der Waals surface area contributed by atoms with Gasteiger partial charge < -0.3 is 5.73 Å². The Morgan fingerprint density at radius 2 is 2.08 bits per heavy atom. The highest BCUT2D eigenvalue weighted by Crippen LogP contribution is 2.32. The number of nitrogens with two attached hydrogens (primary N) is 1. The molecule has 1 aromatic carbocycles. The lowest BCUT2D eigenvalue weighted by Gasteiger charge is -2.04. The number of halogens is 2. The molecule has 0 saturated carbocycles. The van der Waals surface area contributed by atoms with Crippen LogP contribution in [-0.4, -0.2) is 4.98 Å². The van der Waals surface area contributed by atoms with Gasteiger partial charge in [-0.15, -0.1) is 0 Å². The van der Waals surface area contributed by atoms with Crippen molar-refractivity contribution in [2.24, 2.45) is 0 Å². The molecule has 2 nitrogen and oxygen atoms in total. The quantitative estimate of drug-likeness (QED) is 0.682. The van der Waals surface area contributed by atoms with E-state index in [0.717, 1.165) is 5.39 Å². The Balaban J connectivity index is 2.97. The molecule has 0 aliphatic heterocycles. The van der Waals surface area contributed by atoms with E-state index in [9.17, 15) is 0 Å². The molecule has 0 atom stereocenters. The van der Waals surface area contributed by atoms with E-state index in [1.165, 1.54) is 0 Å². The summed E-state index contributed by atoms with van der Waals surface area (Å²) in [6.45, 7) is 0. The predicted octanol–water partition coefficient (Wildman–Crippen LogP) is 3.12. The molecule has 0 unspecified atom stereocenters. The molecule has 0 amide bonds. The van der Waals surface area contributed by atoms with Crippen LogP contribution in [0, 0.1) is 0 Å². The Kier molecular flexibility index (Phi) is 2.02. The molecular formula is C9H6Cl2N2. The van der Waals surface area contributed by atoms with Gasteiger partial charge in [-0.2, -0.15) is 0 Å². The van der Waals surface area contributed by atoms with Crippen molar-refractivity contribution in [3.63, 3.8) is 0 Å². The molecule has 2 N–H and O–H groups in total. The largest absolute Gasteiger partial charge is 0.398 e. The van der Waals surface area contributed by atoms with E-state index in [0.29, 0.717) is 21.2 Å². The van der Waals surface area contributed by atoms with Crippen molar-refractivity contribution in [2.45, 2.75) is 0 Å². The molecule has 0 fully saturated rings. The molecule has 0 radical (unpaired) electrons. The number of hydrogen-bond acceptors (Lipinski definition) is 2. The number of rotatable bonds is 0. The van der Waals surface area contributed by atoms with Crippen molar-refractivity contribution < 1.29 is 0 Å². The standard InChI is InChI=1S/C9H6Cl2N2/c10-6-4-7(12)5-2-1-3-13-9(5)8(6)11/h1-4H,12H2. The van der Waals surface area contributed by atoms with Crippen molar-refractivity contribution >= 4 is 39.8 Å². The van der Waals surface area contributed by atoms with Crippen LogP contribution in [0.3, 0.4) is 0 Å². The van der Waals surface area contributed by atoms with Gasteiger partial charge in [0.15, 0.2) is 0 Å². The normalized spacial score (nSPS) is 10.6. The molecular weight excluding hydrogens is 207 g/mol. The van der Waals surface area contributed by atoms with Crippen LogP contribution < -0.4 is 5.73 Å². The molecule has 0 bridgehead atoms. The molecule has 4 heteroatoms. The summed E-state index contributed by atoms with van der Waals surface area (Å²) in [5.41, 5.74) is 6.99. The Morgan fingerprint density at radius 1 is 1.31 bits per heavy atom. The third-order valence-electron chi connectivity index (χ3n) is 1.82. The molecule has 0 aliphatic rings. The van der Waals surface area contributed by atoms with Crippen LogP contribution in [0.5, 0.6) is 0 Å². The van der Waals surface area contributed by atoms with Gasteiger partial charge in [0.05, 0.1) is 15.6 Å². The summed E-state index contributed by atoms with van der Waals surface area (Å²) < 4.78 is 0. The molecule has 66 valence electrons. The van der Waals surface area contributed by atoms with Gasteiger partial charge in [-0.25, -0.2) is 0 Å². The van der Waals surface area contributed by atoms with Crippen molar-refractivity contribution in [1.82, 2.24) is 4.98 Å². The van der Waals surface area contributed by atoms with Gasteiger partial charge in [0.2, 0.25) is 0 Å². The Bertz CT molecular complexity index is 468. The summed E-state index contributed by atoms with van der Waals surface area (Å²) in [5.74, 6) is 0. The van der Waals surface area contributed by atoms with Gasteiger partial charge in [0.1, 0.15) is 0 Å². The molecule has 13 heavy (non-hydrogen) atoms. The van der Waals surface area contributed by atoms with Crippen molar-refractivity contribution in [3.8, 4) is 0 Å². The minimum atomic E-state index is 0.436. The third-order valence-corrected chi connectivity index (χ3v) is 2.60. The third kappa shape index (κ3) is 1.32. The lowest BCUT2D eigenvalue weighted by Crippen LogP contribution is -1.89. The van der Waals surface area contributed by atoms with Crippen LogP contribution in [0.1, 0.15) is 0 Å². The minimum absolute atomic E-state index is 0.436. The fourth-order valence-electron chi connectivity index (χ4n) is 1.20. The smallest absolute Gasteiger partial charge is 0.0924 e. The summed E-state index contributed by atoms with van der Waals surface area (Å²) in [5, 5.41) is 1.72. The number of fused-ring (bicyclic) bond motifs is 1. The minimum Gasteiger partial charge on any atom is -0.398 e. The van der Waals surface area contributed by atoms with E-state index >= 15 is 0 Å². The number of nitrogens with zero attached hydrogens (tertiary/aromatic N) is 1. The van der Waals surface area contributed by atoms with Gasteiger partial charge in [-0.05, 0) is 18.2 Å².